The first-order valence-corrected chi connectivity index (χ1v) is 17.8. The Morgan fingerprint density at radius 1 is 0.308 bits per heavy atom. The number of benzene rings is 7. The normalized spacial score (nSPS) is 11.8. The van der Waals surface area contributed by atoms with Gasteiger partial charge < -0.3 is 8.97 Å². The Balaban J connectivity index is 1.16. The third-order valence-corrected chi connectivity index (χ3v) is 10.7. The van der Waals surface area contributed by atoms with Gasteiger partial charge in [-0.3, -0.25) is 0 Å². The van der Waals surface area contributed by atoms with E-state index in [2.05, 4.69) is 197 Å². The highest BCUT2D eigenvalue weighted by Gasteiger charge is 2.19. The summed E-state index contributed by atoms with van der Waals surface area (Å²) < 4.78 is 4.88. The third-order valence-electron chi connectivity index (χ3n) is 10.7. The summed E-state index contributed by atoms with van der Waals surface area (Å²) in [5.74, 6) is 0. The fraction of sp³-hybridized carbons (Fsp3) is 0. The zero-order chi connectivity index (χ0) is 34.2. The molecule has 7 aromatic carbocycles. The summed E-state index contributed by atoms with van der Waals surface area (Å²) >= 11 is 0. The minimum Gasteiger partial charge on any atom is -0.309 e. The van der Waals surface area contributed by atoms with Crippen LogP contribution in [0.2, 0.25) is 0 Å². The van der Waals surface area contributed by atoms with Crippen molar-refractivity contribution < 1.29 is 0 Å². The van der Waals surface area contributed by atoms with Crippen LogP contribution in [0.4, 0.5) is 0 Å². The predicted molar refractivity (Wildman–Crippen MR) is 218 cm³/mol. The van der Waals surface area contributed by atoms with Crippen molar-refractivity contribution in [2.24, 2.45) is 0 Å². The molecule has 11 rings (SSSR count). The molecule has 0 radical (unpaired) electrons. The van der Waals surface area contributed by atoms with Gasteiger partial charge in [-0.2, -0.15) is 0 Å². The van der Waals surface area contributed by atoms with Crippen molar-refractivity contribution in [3.63, 3.8) is 0 Å². The largest absolute Gasteiger partial charge is 0.309 e. The lowest BCUT2D eigenvalue weighted by Crippen LogP contribution is -1.96. The minimum absolute atomic E-state index is 0.947. The molecule has 52 heavy (non-hydrogen) atoms. The standard InChI is InChI=1S/C49H31N3/c1-3-14-32(15-4-1)35-29-42(33-16-5-2-6-17-33)50-43(30-35)34-18-13-19-36(28-34)51-45-25-12-10-23-40(45)49-41-31-48-39-22-8-7-20-37(39)38-21-9-11-24-44(38)52(48)46(41)26-27-47(49)51/h1-31H. The van der Waals surface area contributed by atoms with Crippen LogP contribution in [-0.2, 0) is 0 Å². The second-order valence-corrected chi connectivity index (χ2v) is 13.6. The number of hydrogen-bond donors (Lipinski definition) is 0. The number of fused-ring (bicyclic) bond motifs is 12. The van der Waals surface area contributed by atoms with Gasteiger partial charge in [0.15, 0.2) is 0 Å². The molecule has 0 aliphatic heterocycles. The predicted octanol–water partition coefficient (Wildman–Crippen LogP) is 12.9. The van der Waals surface area contributed by atoms with Crippen LogP contribution in [-0.4, -0.2) is 14.0 Å². The van der Waals surface area contributed by atoms with Gasteiger partial charge in [-0.25, -0.2) is 4.98 Å². The molecule has 0 saturated heterocycles. The van der Waals surface area contributed by atoms with Crippen molar-refractivity contribution >= 4 is 59.9 Å². The molecule has 0 saturated carbocycles. The Morgan fingerprint density at radius 2 is 0.865 bits per heavy atom. The average Bonchev–Trinajstić information content (AvgIpc) is 3.78. The molecule has 0 bridgehead atoms. The van der Waals surface area contributed by atoms with E-state index in [9.17, 15) is 0 Å². The molecule has 0 fully saturated rings. The molecule has 3 heteroatoms. The summed E-state index contributed by atoms with van der Waals surface area (Å²) in [5.41, 5.74) is 13.6. The Kier molecular flexibility index (Phi) is 6.25. The van der Waals surface area contributed by atoms with Crippen LogP contribution in [0.5, 0.6) is 0 Å². The SMILES string of the molecule is c1ccc(-c2cc(-c3ccccc3)nc(-c3cccc(-n4c5ccccc5c5c6cc7c8ccccc8c8ccccc8n7c6ccc54)c3)c2)cc1. The molecule has 0 unspecified atom stereocenters. The number of pyridine rings is 2. The molecule has 0 amide bonds. The van der Waals surface area contributed by atoms with Gasteiger partial charge in [0.1, 0.15) is 0 Å². The summed E-state index contributed by atoms with van der Waals surface area (Å²) in [6.07, 6.45) is 0. The van der Waals surface area contributed by atoms with Crippen LogP contribution in [0.15, 0.2) is 188 Å². The Bertz CT molecular complexity index is 3110. The van der Waals surface area contributed by atoms with E-state index in [1.165, 1.54) is 65.5 Å². The quantitative estimate of drug-likeness (QED) is 0.172. The average molecular weight is 662 g/mol. The van der Waals surface area contributed by atoms with Crippen molar-refractivity contribution in [2.75, 3.05) is 0 Å². The van der Waals surface area contributed by atoms with Crippen molar-refractivity contribution in [3.05, 3.63) is 188 Å². The van der Waals surface area contributed by atoms with Gasteiger partial charge in [-0.1, -0.05) is 133 Å². The molecule has 0 spiro atoms. The fourth-order valence-corrected chi connectivity index (χ4v) is 8.36. The van der Waals surface area contributed by atoms with Crippen LogP contribution < -0.4 is 0 Å². The first-order chi connectivity index (χ1) is 25.8. The topological polar surface area (TPSA) is 22.2 Å². The van der Waals surface area contributed by atoms with E-state index >= 15 is 0 Å². The summed E-state index contributed by atoms with van der Waals surface area (Å²) in [6.45, 7) is 0. The molecule has 4 heterocycles. The molecule has 4 aromatic heterocycles. The summed E-state index contributed by atoms with van der Waals surface area (Å²) in [7, 11) is 0. The summed E-state index contributed by atoms with van der Waals surface area (Å²) in [6, 6.07) is 67.7. The number of para-hydroxylation sites is 2. The lowest BCUT2D eigenvalue weighted by molar-refractivity contribution is 1.18. The van der Waals surface area contributed by atoms with Crippen LogP contribution in [0.25, 0.3) is 99.2 Å². The van der Waals surface area contributed by atoms with Crippen LogP contribution in [0, 0.1) is 0 Å². The summed E-state index contributed by atoms with van der Waals surface area (Å²) in [5, 5.41) is 7.59. The van der Waals surface area contributed by atoms with Crippen LogP contribution in [0.1, 0.15) is 0 Å². The maximum absolute atomic E-state index is 5.25. The number of aromatic nitrogens is 3. The van der Waals surface area contributed by atoms with Crippen molar-refractivity contribution in [1.82, 2.24) is 14.0 Å². The smallest absolute Gasteiger partial charge is 0.0716 e. The van der Waals surface area contributed by atoms with Crippen molar-refractivity contribution in [1.29, 1.82) is 0 Å². The highest BCUT2D eigenvalue weighted by Crippen LogP contribution is 2.41. The van der Waals surface area contributed by atoms with Gasteiger partial charge in [0, 0.05) is 43.7 Å². The monoisotopic (exact) mass is 661 g/mol. The maximum Gasteiger partial charge on any atom is 0.0716 e. The van der Waals surface area contributed by atoms with Gasteiger partial charge in [0.25, 0.3) is 0 Å². The van der Waals surface area contributed by atoms with Gasteiger partial charge in [0.2, 0.25) is 0 Å². The zero-order valence-electron chi connectivity index (χ0n) is 28.2. The first-order valence-electron chi connectivity index (χ1n) is 17.8. The van der Waals surface area contributed by atoms with E-state index in [1.54, 1.807) is 0 Å². The zero-order valence-corrected chi connectivity index (χ0v) is 28.2. The van der Waals surface area contributed by atoms with Gasteiger partial charge >= 0.3 is 0 Å². The van der Waals surface area contributed by atoms with Crippen LogP contribution in [0.3, 0.4) is 0 Å². The van der Waals surface area contributed by atoms with Gasteiger partial charge in [0.05, 0.1) is 39.0 Å². The molecule has 242 valence electrons. The van der Waals surface area contributed by atoms with Crippen LogP contribution >= 0.6 is 0 Å². The van der Waals surface area contributed by atoms with E-state index in [0.717, 1.165) is 33.8 Å². The Labute approximate surface area is 300 Å². The van der Waals surface area contributed by atoms with Crippen molar-refractivity contribution in [3.8, 4) is 39.3 Å². The number of rotatable bonds is 4. The lowest BCUT2D eigenvalue weighted by Gasteiger charge is -2.13. The second kappa shape index (κ2) is 11.3. The van der Waals surface area contributed by atoms with Gasteiger partial charge in [-0.15, -0.1) is 0 Å². The van der Waals surface area contributed by atoms with E-state index in [1.807, 2.05) is 0 Å². The second-order valence-electron chi connectivity index (χ2n) is 13.6. The molecular formula is C49H31N3. The number of nitrogens with zero attached hydrogens (tertiary/aromatic N) is 3. The number of hydrogen-bond acceptors (Lipinski definition) is 1. The summed E-state index contributed by atoms with van der Waals surface area (Å²) in [4.78, 5) is 5.25. The highest BCUT2D eigenvalue weighted by atomic mass is 15.0. The van der Waals surface area contributed by atoms with Crippen molar-refractivity contribution in [2.45, 2.75) is 0 Å². The maximum atomic E-state index is 5.25. The highest BCUT2D eigenvalue weighted by molar-refractivity contribution is 6.25. The molecule has 3 nitrogen and oxygen atoms in total. The molecular weight excluding hydrogens is 631 g/mol. The lowest BCUT2D eigenvalue weighted by atomic mass is 10.00. The molecule has 0 aliphatic carbocycles. The Hall–Kier alpha value is -6.97. The van der Waals surface area contributed by atoms with Gasteiger partial charge in [-0.05, 0) is 71.1 Å². The molecule has 11 aromatic rings. The molecule has 0 atom stereocenters. The first kappa shape index (κ1) is 28.8. The minimum atomic E-state index is 0.947. The van der Waals surface area contributed by atoms with E-state index < -0.39 is 0 Å². The molecule has 0 aliphatic rings. The fourth-order valence-electron chi connectivity index (χ4n) is 8.36. The van der Waals surface area contributed by atoms with E-state index in [-0.39, 0.29) is 0 Å². The third kappa shape index (κ3) is 4.30. The Morgan fingerprint density at radius 3 is 1.63 bits per heavy atom. The molecule has 0 N–H and O–H groups in total. The van der Waals surface area contributed by atoms with E-state index in [4.69, 9.17) is 4.98 Å². The van der Waals surface area contributed by atoms with E-state index in [0.29, 0.717) is 0 Å².